The van der Waals surface area contributed by atoms with Gasteiger partial charge in [0.1, 0.15) is 6.54 Å². The van der Waals surface area contributed by atoms with E-state index in [2.05, 4.69) is 61.9 Å². The van der Waals surface area contributed by atoms with Gasteiger partial charge in [-0.3, -0.25) is 4.79 Å². The van der Waals surface area contributed by atoms with Gasteiger partial charge in [0.05, 0.1) is 7.05 Å². The van der Waals surface area contributed by atoms with Gasteiger partial charge < -0.3 is 10.2 Å². The molecule has 2 atom stereocenters. The van der Waals surface area contributed by atoms with Crippen LogP contribution in [-0.2, 0) is 11.3 Å². The summed E-state index contributed by atoms with van der Waals surface area (Å²) in [4.78, 5) is 15.1. The smallest absolute Gasteiger partial charge is 0.282 e. The number of quaternary nitrogens is 1. The lowest BCUT2D eigenvalue weighted by Gasteiger charge is -2.22. The molecule has 2 aromatic carbocycles. The molecular formula is C21H29N2OS+. The van der Waals surface area contributed by atoms with Crippen molar-refractivity contribution in [3.05, 3.63) is 58.7 Å². The molecule has 0 aliphatic heterocycles. The minimum atomic E-state index is -0.125. The monoisotopic (exact) mass is 357 g/mol. The van der Waals surface area contributed by atoms with Crippen molar-refractivity contribution in [3.63, 3.8) is 0 Å². The van der Waals surface area contributed by atoms with Crippen molar-refractivity contribution < 1.29 is 9.69 Å². The third kappa shape index (κ3) is 5.10. The Morgan fingerprint density at radius 1 is 1.12 bits per heavy atom. The number of thioether (sulfide) groups is 1. The minimum absolute atomic E-state index is 0.0632. The summed E-state index contributed by atoms with van der Waals surface area (Å²) in [5.41, 5.74) is 5.64. The van der Waals surface area contributed by atoms with Crippen molar-refractivity contribution in [1.82, 2.24) is 0 Å². The predicted molar refractivity (Wildman–Crippen MR) is 108 cm³/mol. The fourth-order valence-corrected chi connectivity index (χ4v) is 3.46. The van der Waals surface area contributed by atoms with E-state index in [0.717, 1.165) is 23.4 Å². The van der Waals surface area contributed by atoms with E-state index in [0.29, 0.717) is 0 Å². The molecule has 2 rings (SSSR count). The molecule has 25 heavy (non-hydrogen) atoms. The summed E-state index contributed by atoms with van der Waals surface area (Å²) in [5.74, 6) is 0.0632. The van der Waals surface area contributed by atoms with Gasteiger partial charge in [-0.25, -0.2) is 0 Å². The van der Waals surface area contributed by atoms with Gasteiger partial charge in [-0.2, -0.15) is 0 Å². The summed E-state index contributed by atoms with van der Waals surface area (Å²) < 4.78 is 0. The van der Waals surface area contributed by atoms with Gasteiger partial charge in [-0.1, -0.05) is 29.8 Å². The number of hydrogen-bond donors (Lipinski definition) is 2. The largest absolute Gasteiger partial charge is 0.324 e. The molecule has 0 spiro atoms. The number of hydrogen-bond acceptors (Lipinski definition) is 2. The number of nitrogens with one attached hydrogen (secondary N) is 2. The molecule has 0 aliphatic carbocycles. The van der Waals surface area contributed by atoms with Crippen molar-refractivity contribution in [1.29, 1.82) is 0 Å². The zero-order valence-electron chi connectivity index (χ0n) is 16.1. The molecule has 0 heterocycles. The first-order chi connectivity index (χ1) is 11.8. The summed E-state index contributed by atoms with van der Waals surface area (Å²) >= 11 is 1.74. The zero-order valence-corrected chi connectivity index (χ0v) is 16.9. The van der Waals surface area contributed by atoms with Crippen molar-refractivity contribution in [3.8, 4) is 0 Å². The Morgan fingerprint density at radius 2 is 1.68 bits per heavy atom. The first-order valence-electron chi connectivity index (χ1n) is 8.65. The van der Waals surface area contributed by atoms with Gasteiger partial charge in [0, 0.05) is 16.1 Å². The lowest BCUT2D eigenvalue weighted by atomic mass is 10.0. The predicted octanol–water partition coefficient (Wildman–Crippen LogP) is 3.38. The molecule has 0 bridgehead atoms. The van der Waals surface area contributed by atoms with E-state index < -0.39 is 0 Å². The van der Waals surface area contributed by atoms with E-state index in [9.17, 15) is 4.79 Å². The van der Waals surface area contributed by atoms with E-state index >= 15 is 0 Å². The lowest BCUT2D eigenvalue weighted by Crippen LogP contribution is -3.12. The maximum Gasteiger partial charge on any atom is 0.282 e. The fraction of sp³-hybridized carbons (Fsp3) is 0.381. The minimum Gasteiger partial charge on any atom is -0.324 e. The molecule has 0 saturated heterocycles. The third-order valence-corrected chi connectivity index (χ3v) is 5.44. The number of carbonyl (C=O) groups excluding carboxylic acids is 1. The molecule has 0 fully saturated rings. The van der Waals surface area contributed by atoms with Crippen molar-refractivity contribution >= 4 is 23.4 Å². The number of likely N-dealkylation sites (N-methyl/N-ethyl adjacent to an activating group) is 1. The Hall–Kier alpha value is -1.78. The number of anilines is 1. The van der Waals surface area contributed by atoms with Gasteiger partial charge in [-0.05, 0) is 57.2 Å². The first-order valence-corrected chi connectivity index (χ1v) is 9.88. The number of aryl methyl sites for hydroxylation is 3. The SMILES string of the molecule is CSc1ccc(C[NH+](C)[C@H](C)C(=O)Nc2c(C)cc(C)cc2C)cc1. The maximum atomic E-state index is 12.7. The molecule has 3 nitrogen and oxygen atoms in total. The van der Waals surface area contributed by atoms with Crippen LogP contribution in [-0.4, -0.2) is 25.3 Å². The lowest BCUT2D eigenvalue weighted by molar-refractivity contribution is -0.907. The normalized spacial score (nSPS) is 13.4. The van der Waals surface area contributed by atoms with Crippen molar-refractivity contribution in [2.24, 2.45) is 0 Å². The molecule has 2 N–H and O–H groups in total. The summed E-state index contributed by atoms with van der Waals surface area (Å²) in [5, 5.41) is 3.13. The van der Waals surface area contributed by atoms with Crippen LogP contribution in [0.1, 0.15) is 29.2 Å². The molecule has 0 aromatic heterocycles. The second-order valence-electron chi connectivity index (χ2n) is 6.86. The highest BCUT2D eigenvalue weighted by molar-refractivity contribution is 7.98. The summed E-state index contributed by atoms with van der Waals surface area (Å²) in [6.45, 7) is 8.98. The highest BCUT2D eigenvalue weighted by Crippen LogP contribution is 2.22. The van der Waals surface area contributed by atoms with Crippen LogP contribution in [0, 0.1) is 20.8 Å². The number of amides is 1. The van der Waals surface area contributed by atoms with Crippen LogP contribution in [0.15, 0.2) is 41.3 Å². The van der Waals surface area contributed by atoms with Gasteiger partial charge in [0.25, 0.3) is 5.91 Å². The van der Waals surface area contributed by atoms with Crippen LogP contribution in [0.2, 0.25) is 0 Å². The Morgan fingerprint density at radius 3 is 2.20 bits per heavy atom. The van der Waals surface area contributed by atoms with E-state index in [1.807, 2.05) is 20.8 Å². The number of carbonyl (C=O) groups is 1. The van der Waals surface area contributed by atoms with E-state index in [1.165, 1.54) is 20.9 Å². The van der Waals surface area contributed by atoms with Crippen LogP contribution in [0.5, 0.6) is 0 Å². The summed E-state index contributed by atoms with van der Waals surface area (Å²) in [7, 11) is 2.07. The van der Waals surface area contributed by atoms with Crippen molar-refractivity contribution in [2.75, 3.05) is 18.6 Å². The first kappa shape index (κ1) is 19.5. The molecule has 4 heteroatoms. The number of rotatable bonds is 6. The van der Waals surface area contributed by atoms with Crippen LogP contribution in [0.4, 0.5) is 5.69 Å². The molecule has 0 radical (unpaired) electrons. The van der Waals surface area contributed by atoms with Gasteiger partial charge in [0.15, 0.2) is 6.04 Å². The fourth-order valence-electron chi connectivity index (χ4n) is 3.05. The second-order valence-corrected chi connectivity index (χ2v) is 7.74. The van der Waals surface area contributed by atoms with E-state index in [1.54, 1.807) is 11.8 Å². The topological polar surface area (TPSA) is 33.5 Å². The highest BCUT2D eigenvalue weighted by atomic mass is 32.2. The van der Waals surface area contributed by atoms with E-state index in [4.69, 9.17) is 0 Å². The average molecular weight is 358 g/mol. The van der Waals surface area contributed by atoms with Crippen LogP contribution in [0.25, 0.3) is 0 Å². The van der Waals surface area contributed by atoms with Crippen molar-refractivity contribution in [2.45, 2.75) is 45.2 Å². The Bertz CT molecular complexity index is 717. The van der Waals surface area contributed by atoms with Crippen LogP contribution < -0.4 is 10.2 Å². The standard InChI is InChI=1S/C21H28N2OS/c1-14-11-15(2)20(16(3)12-14)22-21(24)17(4)23(5)13-18-7-9-19(25-6)10-8-18/h7-12,17H,13H2,1-6H3,(H,22,24)/p+1/t17-/m1/s1. The Labute approximate surface area is 155 Å². The molecule has 134 valence electrons. The quantitative estimate of drug-likeness (QED) is 0.777. The molecular weight excluding hydrogens is 328 g/mol. The molecule has 0 aliphatic rings. The molecule has 1 unspecified atom stereocenters. The molecule has 0 saturated carbocycles. The average Bonchev–Trinajstić information content (AvgIpc) is 2.57. The molecule has 1 amide bonds. The highest BCUT2D eigenvalue weighted by Gasteiger charge is 2.23. The van der Waals surface area contributed by atoms with E-state index in [-0.39, 0.29) is 11.9 Å². The van der Waals surface area contributed by atoms with Gasteiger partial charge in [-0.15, -0.1) is 11.8 Å². The summed E-state index contributed by atoms with van der Waals surface area (Å²) in [6.07, 6.45) is 2.08. The zero-order chi connectivity index (χ0) is 18.6. The Balaban J connectivity index is 2.03. The van der Waals surface area contributed by atoms with Crippen LogP contribution in [0.3, 0.4) is 0 Å². The Kier molecular flexibility index (Phi) is 6.68. The second kappa shape index (κ2) is 8.54. The maximum absolute atomic E-state index is 12.7. The summed E-state index contributed by atoms with van der Waals surface area (Å²) in [6, 6.07) is 12.7. The van der Waals surface area contributed by atoms with Gasteiger partial charge >= 0.3 is 0 Å². The van der Waals surface area contributed by atoms with Gasteiger partial charge in [0.2, 0.25) is 0 Å². The van der Waals surface area contributed by atoms with Crippen LogP contribution >= 0.6 is 11.8 Å². The molecule has 2 aromatic rings. The number of benzene rings is 2. The third-order valence-electron chi connectivity index (χ3n) is 4.70.